The Morgan fingerprint density at radius 3 is 3.06 bits per heavy atom. The van der Waals surface area contributed by atoms with Gasteiger partial charge in [0.05, 0.1) is 12.5 Å². The van der Waals surface area contributed by atoms with E-state index in [0.29, 0.717) is 6.42 Å². The average molecular weight is 247 g/mol. The van der Waals surface area contributed by atoms with Crippen molar-refractivity contribution in [3.63, 3.8) is 0 Å². The molecular weight excluding hydrogens is 230 g/mol. The summed E-state index contributed by atoms with van der Waals surface area (Å²) in [5.74, 6) is 0.0249. The van der Waals surface area contributed by atoms with Crippen LogP contribution >= 0.6 is 0 Å². The molecule has 0 aliphatic carbocycles. The predicted octanol–water partition coefficient (Wildman–Crippen LogP) is 1.70. The highest BCUT2D eigenvalue weighted by Gasteiger charge is 2.28. The first kappa shape index (κ1) is 11.7. The molecule has 4 nitrogen and oxygen atoms in total. The lowest BCUT2D eigenvalue weighted by Gasteiger charge is -2.19. The van der Waals surface area contributed by atoms with Crippen LogP contribution in [0.15, 0.2) is 12.1 Å². The number of carbonyl (C=O) groups excluding carboxylic acids is 1. The highest BCUT2D eigenvalue weighted by atomic mass is 16.5. The predicted molar refractivity (Wildman–Crippen MR) is 67.4 cm³/mol. The summed E-state index contributed by atoms with van der Waals surface area (Å²) in [6, 6.07) is 3.86. The summed E-state index contributed by atoms with van der Waals surface area (Å²) in [6.07, 6.45) is 1.61. The van der Waals surface area contributed by atoms with E-state index < -0.39 is 6.10 Å². The average Bonchev–Trinajstić information content (AvgIpc) is 2.96. The molecule has 2 unspecified atom stereocenters. The first-order valence-electron chi connectivity index (χ1n) is 6.38. The second kappa shape index (κ2) is 4.37. The molecule has 4 heteroatoms. The lowest BCUT2D eigenvalue weighted by molar-refractivity contribution is -0.115. The third-order valence-electron chi connectivity index (χ3n) is 3.71. The van der Waals surface area contributed by atoms with Gasteiger partial charge in [-0.25, -0.2) is 0 Å². The molecule has 18 heavy (non-hydrogen) atoms. The maximum atomic E-state index is 11.4. The standard InChI is InChI=1S/C14H17NO3/c1-8-5-10(14(17)11-3-2-4-18-11)6-9-7-12(16)15-13(8)9/h5-6,11,14,17H,2-4,7H2,1H3,(H,15,16). The molecule has 2 aliphatic heterocycles. The molecular formula is C14H17NO3. The van der Waals surface area contributed by atoms with Crippen molar-refractivity contribution in [1.29, 1.82) is 0 Å². The van der Waals surface area contributed by atoms with E-state index >= 15 is 0 Å². The monoisotopic (exact) mass is 247 g/mol. The van der Waals surface area contributed by atoms with Crippen molar-refractivity contribution < 1.29 is 14.6 Å². The molecule has 0 saturated carbocycles. The largest absolute Gasteiger partial charge is 0.386 e. The molecule has 96 valence electrons. The first-order chi connectivity index (χ1) is 8.65. The minimum atomic E-state index is -0.591. The fourth-order valence-electron chi connectivity index (χ4n) is 2.80. The Labute approximate surface area is 106 Å². The summed E-state index contributed by atoms with van der Waals surface area (Å²) in [5.41, 5.74) is 3.75. The zero-order valence-electron chi connectivity index (χ0n) is 10.4. The topological polar surface area (TPSA) is 58.6 Å². The van der Waals surface area contributed by atoms with Gasteiger partial charge in [-0.1, -0.05) is 12.1 Å². The number of amides is 1. The van der Waals surface area contributed by atoms with Crippen molar-refractivity contribution >= 4 is 11.6 Å². The van der Waals surface area contributed by atoms with Crippen LogP contribution in [-0.4, -0.2) is 23.7 Å². The van der Waals surface area contributed by atoms with Gasteiger partial charge >= 0.3 is 0 Å². The van der Waals surface area contributed by atoms with Crippen molar-refractivity contribution in [3.05, 3.63) is 28.8 Å². The van der Waals surface area contributed by atoms with Gasteiger partial charge in [0, 0.05) is 12.3 Å². The minimum Gasteiger partial charge on any atom is -0.386 e. The molecule has 2 atom stereocenters. The van der Waals surface area contributed by atoms with E-state index in [2.05, 4.69) is 5.32 Å². The van der Waals surface area contributed by atoms with E-state index in [-0.39, 0.29) is 12.0 Å². The van der Waals surface area contributed by atoms with Gasteiger partial charge in [-0.05, 0) is 36.5 Å². The van der Waals surface area contributed by atoms with Crippen molar-refractivity contribution in [3.8, 4) is 0 Å². The minimum absolute atomic E-state index is 0.0249. The zero-order valence-corrected chi connectivity index (χ0v) is 10.4. The van der Waals surface area contributed by atoms with Crippen LogP contribution in [0.5, 0.6) is 0 Å². The van der Waals surface area contributed by atoms with E-state index in [1.165, 1.54) is 0 Å². The van der Waals surface area contributed by atoms with Crippen molar-refractivity contribution in [2.75, 3.05) is 11.9 Å². The number of aliphatic hydroxyl groups is 1. The summed E-state index contributed by atoms with van der Waals surface area (Å²) >= 11 is 0. The van der Waals surface area contributed by atoms with E-state index in [4.69, 9.17) is 4.74 Å². The highest BCUT2D eigenvalue weighted by molar-refractivity contribution is 6.00. The molecule has 1 fully saturated rings. The van der Waals surface area contributed by atoms with Gasteiger partial charge in [0.2, 0.25) is 5.91 Å². The molecule has 0 bridgehead atoms. The molecule has 2 aliphatic rings. The van der Waals surface area contributed by atoms with Crippen LogP contribution in [0, 0.1) is 6.92 Å². The number of carbonyl (C=O) groups is 1. The molecule has 1 aromatic rings. The number of fused-ring (bicyclic) bond motifs is 1. The van der Waals surface area contributed by atoms with Gasteiger partial charge < -0.3 is 15.2 Å². The van der Waals surface area contributed by atoms with Crippen molar-refractivity contribution in [1.82, 2.24) is 0 Å². The lowest BCUT2D eigenvalue weighted by atomic mass is 9.96. The molecule has 1 amide bonds. The van der Waals surface area contributed by atoms with Gasteiger partial charge in [-0.15, -0.1) is 0 Å². The Kier molecular flexibility index (Phi) is 2.84. The van der Waals surface area contributed by atoms with E-state index in [0.717, 1.165) is 41.8 Å². The molecule has 2 heterocycles. The lowest BCUT2D eigenvalue weighted by Crippen LogP contribution is -2.17. The maximum Gasteiger partial charge on any atom is 0.228 e. The van der Waals surface area contributed by atoms with Gasteiger partial charge in [-0.2, -0.15) is 0 Å². The van der Waals surface area contributed by atoms with Crippen LogP contribution in [-0.2, 0) is 16.0 Å². The van der Waals surface area contributed by atoms with Crippen LogP contribution in [0.25, 0.3) is 0 Å². The number of aryl methyl sites for hydroxylation is 1. The molecule has 1 saturated heterocycles. The molecule has 0 spiro atoms. The molecule has 1 aromatic carbocycles. The number of rotatable bonds is 2. The van der Waals surface area contributed by atoms with Gasteiger partial charge in [0.15, 0.2) is 0 Å². The summed E-state index contributed by atoms with van der Waals surface area (Å²) in [4.78, 5) is 11.4. The fourth-order valence-corrected chi connectivity index (χ4v) is 2.80. The van der Waals surface area contributed by atoms with E-state index in [1.807, 2.05) is 19.1 Å². The summed E-state index contributed by atoms with van der Waals surface area (Å²) in [5, 5.41) is 13.2. The Morgan fingerprint density at radius 1 is 1.50 bits per heavy atom. The zero-order chi connectivity index (χ0) is 12.7. The number of ether oxygens (including phenoxy) is 1. The third kappa shape index (κ3) is 1.91. The van der Waals surface area contributed by atoms with Crippen molar-refractivity contribution in [2.24, 2.45) is 0 Å². The van der Waals surface area contributed by atoms with Crippen LogP contribution in [0.3, 0.4) is 0 Å². The molecule has 0 aromatic heterocycles. The van der Waals surface area contributed by atoms with Crippen LogP contribution in [0.1, 0.15) is 35.6 Å². The van der Waals surface area contributed by atoms with Gasteiger partial charge in [0.1, 0.15) is 6.10 Å². The summed E-state index contributed by atoms with van der Waals surface area (Å²) in [7, 11) is 0. The van der Waals surface area contributed by atoms with Crippen LogP contribution < -0.4 is 5.32 Å². The number of hydrogen-bond donors (Lipinski definition) is 2. The fraction of sp³-hybridized carbons (Fsp3) is 0.500. The molecule has 3 rings (SSSR count). The number of hydrogen-bond acceptors (Lipinski definition) is 3. The first-order valence-corrected chi connectivity index (χ1v) is 6.38. The van der Waals surface area contributed by atoms with Crippen LogP contribution in [0.2, 0.25) is 0 Å². The molecule has 0 radical (unpaired) electrons. The smallest absolute Gasteiger partial charge is 0.228 e. The number of anilines is 1. The number of benzene rings is 1. The van der Waals surface area contributed by atoms with Gasteiger partial charge in [-0.3, -0.25) is 4.79 Å². The number of aliphatic hydroxyl groups excluding tert-OH is 1. The number of nitrogens with one attached hydrogen (secondary N) is 1. The summed E-state index contributed by atoms with van der Waals surface area (Å²) < 4.78 is 5.52. The Morgan fingerprint density at radius 2 is 2.33 bits per heavy atom. The molecule has 2 N–H and O–H groups in total. The van der Waals surface area contributed by atoms with Crippen LogP contribution in [0.4, 0.5) is 5.69 Å². The Balaban J connectivity index is 1.91. The third-order valence-corrected chi connectivity index (χ3v) is 3.71. The highest BCUT2D eigenvalue weighted by Crippen LogP contribution is 2.33. The summed E-state index contributed by atoms with van der Waals surface area (Å²) in [6.45, 7) is 2.68. The SMILES string of the molecule is Cc1cc(C(O)C2CCCO2)cc2c1NC(=O)C2. The quantitative estimate of drug-likeness (QED) is 0.836. The van der Waals surface area contributed by atoms with E-state index in [9.17, 15) is 9.90 Å². The second-order valence-corrected chi connectivity index (χ2v) is 5.09. The van der Waals surface area contributed by atoms with E-state index in [1.54, 1.807) is 0 Å². The Hall–Kier alpha value is -1.39. The normalized spacial score (nSPS) is 23.9. The maximum absolute atomic E-state index is 11.4. The second-order valence-electron chi connectivity index (χ2n) is 5.09. The van der Waals surface area contributed by atoms with Crippen molar-refractivity contribution in [2.45, 2.75) is 38.4 Å². The van der Waals surface area contributed by atoms with Gasteiger partial charge in [0.25, 0.3) is 0 Å². The Bertz CT molecular complexity index is 492.